The van der Waals surface area contributed by atoms with Gasteiger partial charge in [0.1, 0.15) is 5.82 Å². The molecule has 1 amide bonds. The molecule has 5 heteroatoms. The van der Waals surface area contributed by atoms with Crippen molar-refractivity contribution in [3.8, 4) is 0 Å². The minimum atomic E-state index is -0.165. The molecule has 0 unspecified atom stereocenters. The number of aromatic nitrogens is 2. The van der Waals surface area contributed by atoms with E-state index in [2.05, 4.69) is 16.1 Å². The zero-order valence-electron chi connectivity index (χ0n) is 12.4. The van der Waals surface area contributed by atoms with E-state index in [1.807, 2.05) is 30.3 Å². The molecule has 0 fully saturated rings. The Morgan fingerprint density at radius 3 is 2.91 bits per heavy atom. The highest BCUT2D eigenvalue weighted by molar-refractivity contribution is 5.91. The first-order valence-electron chi connectivity index (χ1n) is 7.04. The quantitative estimate of drug-likeness (QED) is 0.680. The van der Waals surface area contributed by atoms with Crippen molar-refractivity contribution in [2.24, 2.45) is 0 Å². The van der Waals surface area contributed by atoms with Crippen LogP contribution in [0, 0.1) is 0 Å². The molecule has 0 saturated heterocycles. The third-order valence-corrected chi connectivity index (χ3v) is 3.50. The predicted molar refractivity (Wildman–Crippen MR) is 84.4 cm³/mol. The van der Waals surface area contributed by atoms with Gasteiger partial charge in [-0.15, -0.1) is 6.58 Å². The van der Waals surface area contributed by atoms with Crippen LogP contribution in [0.2, 0.25) is 0 Å². The predicted octanol–water partition coefficient (Wildman–Crippen LogP) is 3.09. The second kappa shape index (κ2) is 5.89. The van der Waals surface area contributed by atoms with E-state index >= 15 is 0 Å². The topological polar surface area (TPSA) is 51.3 Å². The van der Waals surface area contributed by atoms with Crippen molar-refractivity contribution in [3.05, 3.63) is 66.9 Å². The van der Waals surface area contributed by atoms with Crippen LogP contribution < -0.4 is 0 Å². The van der Waals surface area contributed by atoms with Gasteiger partial charge in [-0.1, -0.05) is 18.2 Å². The summed E-state index contributed by atoms with van der Waals surface area (Å²) >= 11 is 0. The molecule has 0 spiro atoms. The fraction of sp³-hybridized carbons (Fsp3) is 0.176. The molecule has 0 aliphatic heterocycles. The molecule has 2 aromatic heterocycles. The third-order valence-electron chi connectivity index (χ3n) is 3.50. The van der Waals surface area contributed by atoms with Gasteiger partial charge in [0.05, 0.1) is 23.8 Å². The number of hydrogen-bond acceptors (Lipinski definition) is 3. The van der Waals surface area contributed by atoms with Crippen LogP contribution in [-0.2, 0) is 13.1 Å². The fourth-order valence-corrected chi connectivity index (χ4v) is 2.45. The molecular formula is C17H17N3O2. The minimum Gasteiger partial charge on any atom is -0.459 e. The highest BCUT2D eigenvalue weighted by Crippen LogP contribution is 2.18. The number of carbonyl (C=O) groups is 1. The average molecular weight is 295 g/mol. The van der Waals surface area contributed by atoms with Crippen molar-refractivity contribution in [1.29, 1.82) is 0 Å². The second-order valence-electron chi connectivity index (χ2n) is 5.05. The molecule has 3 aromatic rings. The molecule has 1 aromatic carbocycles. The maximum absolute atomic E-state index is 12.3. The van der Waals surface area contributed by atoms with Crippen molar-refractivity contribution in [2.75, 3.05) is 7.05 Å². The van der Waals surface area contributed by atoms with E-state index in [4.69, 9.17) is 4.42 Å². The molecule has 22 heavy (non-hydrogen) atoms. The number of allylic oxidation sites excluding steroid dienone is 1. The minimum absolute atomic E-state index is 0.165. The maximum atomic E-state index is 12.3. The highest BCUT2D eigenvalue weighted by atomic mass is 16.3. The number of nitrogens with zero attached hydrogens (tertiary/aromatic N) is 3. The SMILES string of the molecule is C=CCn1c(CN(C)C(=O)c2ccco2)nc2ccccc21. The molecule has 112 valence electrons. The van der Waals surface area contributed by atoms with Crippen LogP contribution in [0.5, 0.6) is 0 Å². The molecule has 0 aliphatic carbocycles. The molecule has 5 nitrogen and oxygen atoms in total. The van der Waals surface area contributed by atoms with Crippen LogP contribution in [0.4, 0.5) is 0 Å². The number of benzene rings is 1. The Labute approximate surface area is 128 Å². The van der Waals surface area contributed by atoms with E-state index in [1.165, 1.54) is 6.26 Å². The smallest absolute Gasteiger partial charge is 0.289 e. The number of hydrogen-bond donors (Lipinski definition) is 0. The van der Waals surface area contributed by atoms with Crippen molar-refractivity contribution in [1.82, 2.24) is 14.5 Å². The lowest BCUT2D eigenvalue weighted by atomic mass is 10.3. The van der Waals surface area contributed by atoms with Gasteiger partial charge in [-0.05, 0) is 24.3 Å². The Hall–Kier alpha value is -2.82. The number of para-hydroxylation sites is 2. The van der Waals surface area contributed by atoms with E-state index in [1.54, 1.807) is 24.1 Å². The number of rotatable bonds is 5. The largest absolute Gasteiger partial charge is 0.459 e. The van der Waals surface area contributed by atoms with E-state index in [0.717, 1.165) is 16.9 Å². The van der Waals surface area contributed by atoms with Gasteiger partial charge in [0.25, 0.3) is 5.91 Å². The summed E-state index contributed by atoms with van der Waals surface area (Å²) < 4.78 is 7.22. The van der Waals surface area contributed by atoms with Crippen LogP contribution >= 0.6 is 0 Å². The van der Waals surface area contributed by atoms with Crippen LogP contribution in [0.15, 0.2) is 59.7 Å². The first kappa shape index (κ1) is 14.1. The summed E-state index contributed by atoms with van der Waals surface area (Å²) in [4.78, 5) is 18.5. The zero-order chi connectivity index (χ0) is 15.5. The summed E-state index contributed by atoms with van der Waals surface area (Å²) in [5, 5.41) is 0. The van der Waals surface area contributed by atoms with Crippen molar-refractivity contribution in [3.63, 3.8) is 0 Å². The van der Waals surface area contributed by atoms with E-state index in [0.29, 0.717) is 18.8 Å². The number of fused-ring (bicyclic) bond motifs is 1. The standard InChI is InChI=1S/C17H17N3O2/c1-3-10-20-14-8-5-4-7-13(14)18-16(20)12-19(2)17(21)15-9-6-11-22-15/h3-9,11H,1,10,12H2,2H3. The Morgan fingerprint density at radius 2 is 2.18 bits per heavy atom. The lowest BCUT2D eigenvalue weighted by molar-refractivity contribution is 0.0749. The van der Waals surface area contributed by atoms with E-state index < -0.39 is 0 Å². The molecule has 2 heterocycles. The molecule has 0 atom stereocenters. The summed E-state index contributed by atoms with van der Waals surface area (Å²) in [6.45, 7) is 4.85. The molecule has 3 rings (SSSR count). The third kappa shape index (κ3) is 2.53. The van der Waals surface area contributed by atoms with Crippen molar-refractivity contribution >= 4 is 16.9 Å². The lowest BCUT2D eigenvalue weighted by Crippen LogP contribution is -2.27. The monoisotopic (exact) mass is 295 g/mol. The van der Waals surface area contributed by atoms with Crippen LogP contribution in [0.3, 0.4) is 0 Å². The van der Waals surface area contributed by atoms with E-state index in [9.17, 15) is 4.79 Å². The molecule has 0 saturated carbocycles. The van der Waals surface area contributed by atoms with Crippen molar-refractivity contribution < 1.29 is 9.21 Å². The summed E-state index contributed by atoms with van der Waals surface area (Å²) in [6, 6.07) is 11.3. The molecule has 0 bridgehead atoms. The van der Waals surface area contributed by atoms with Gasteiger partial charge in [-0.2, -0.15) is 0 Å². The van der Waals surface area contributed by atoms with Gasteiger partial charge in [-0.25, -0.2) is 4.98 Å². The highest BCUT2D eigenvalue weighted by Gasteiger charge is 2.18. The van der Waals surface area contributed by atoms with Crippen LogP contribution in [0.1, 0.15) is 16.4 Å². The van der Waals surface area contributed by atoms with Gasteiger partial charge in [0, 0.05) is 13.6 Å². The molecule has 0 radical (unpaired) electrons. The Bertz CT molecular complexity index is 803. The average Bonchev–Trinajstić information content (AvgIpc) is 3.16. The Morgan fingerprint density at radius 1 is 1.36 bits per heavy atom. The summed E-state index contributed by atoms with van der Waals surface area (Å²) in [5.41, 5.74) is 1.95. The van der Waals surface area contributed by atoms with Gasteiger partial charge in [-0.3, -0.25) is 4.79 Å². The van der Waals surface area contributed by atoms with Crippen molar-refractivity contribution in [2.45, 2.75) is 13.1 Å². The van der Waals surface area contributed by atoms with Crippen LogP contribution in [-0.4, -0.2) is 27.4 Å². The molecular weight excluding hydrogens is 278 g/mol. The van der Waals surface area contributed by atoms with Gasteiger partial charge in [0.2, 0.25) is 0 Å². The fourth-order valence-electron chi connectivity index (χ4n) is 2.45. The number of imidazole rings is 1. The maximum Gasteiger partial charge on any atom is 0.289 e. The molecule has 0 N–H and O–H groups in total. The summed E-state index contributed by atoms with van der Waals surface area (Å²) in [5.74, 6) is 0.986. The lowest BCUT2D eigenvalue weighted by Gasteiger charge is -2.16. The zero-order valence-corrected chi connectivity index (χ0v) is 12.4. The van der Waals surface area contributed by atoms with Crippen LogP contribution in [0.25, 0.3) is 11.0 Å². The van der Waals surface area contributed by atoms with E-state index in [-0.39, 0.29) is 5.91 Å². The van der Waals surface area contributed by atoms with Gasteiger partial charge >= 0.3 is 0 Å². The Kier molecular flexibility index (Phi) is 3.78. The number of furan rings is 1. The summed E-state index contributed by atoms with van der Waals surface area (Å²) in [7, 11) is 1.74. The molecule has 0 aliphatic rings. The summed E-state index contributed by atoms with van der Waals surface area (Å²) in [6.07, 6.45) is 3.32. The second-order valence-corrected chi connectivity index (χ2v) is 5.05. The number of carbonyl (C=O) groups excluding carboxylic acids is 1. The Balaban J connectivity index is 1.91. The number of amides is 1. The first-order chi connectivity index (χ1) is 10.7. The first-order valence-corrected chi connectivity index (χ1v) is 7.04. The van der Waals surface area contributed by atoms with Gasteiger partial charge < -0.3 is 13.9 Å². The normalized spacial score (nSPS) is 10.8. The van der Waals surface area contributed by atoms with Gasteiger partial charge in [0.15, 0.2) is 5.76 Å².